The van der Waals surface area contributed by atoms with Crippen LogP contribution in [0.25, 0.3) is 10.8 Å². The van der Waals surface area contributed by atoms with Crippen molar-refractivity contribution in [1.82, 2.24) is 4.90 Å². The van der Waals surface area contributed by atoms with Crippen LogP contribution >= 0.6 is 11.8 Å². The fraction of sp³-hybridized carbons (Fsp3) is 0.346. The minimum atomic E-state index is 0.481. The molecule has 158 valence electrons. The highest BCUT2D eigenvalue weighted by atomic mass is 32.2. The summed E-state index contributed by atoms with van der Waals surface area (Å²) in [7, 11) is 0. The third-order valence-corrected chi connectivity index (χ3v) is 6.07. The van der Waals surface area contributed by atoms with E-state index in [0.29, 0.717) is 18.7 Å². The van der Waals surface area contributed by atoms with Gasteiger partial charge in [0, 0.05) is 34.7 Å². The van der Waals surface area contributed by atoms with Crippen LogP contribution in [0.1, 0.15) is 38.8 Å². The molecule has 0 radical (unpaired) electrons. The quantitative estimate of drug-likeness (QED) is 0.172. The Morgan fingerprint density at radius 1 is 0.900 bits per heavy atom. The normalized spacial score (nSPS) is 12.3. The summed E-state index contributed by atoms with van der Waals surface area (Å²) in [5, 5.41) is 7.03. The molecule has 0 fully saturated rings. The van der Waals surface area contributed by atoms with Gasteiger partial charge in [-0.15, -0.1) is 11.8 Å². The summed E-state index contributed by atoms with van der Waals surface area (Å²) >= 11 is 1.74. The van der Waals surface area contributed by atoms with Gasteiger partial charge >= 0.3 is 0 Å². The average Bonchev–Trinajstić information content (AvgIpc) is 2.75. The molecule has 0 unspecified atom stereocenters. The molecule has 0 amide bonds. The van der Waals surface area contributed by atoms with Crippen molar-refractivity contribution in [3.8, 4) is 0 Å². The van der Waals surface area contributed by atoms with Crippen molar-refractivity contribution in [1.29, 1.82) is 0 Å². The first-order valence-electron chi connectivity index (χ1n) is 10.6. The molecule has 0 saturated heterocycles. The zero-order valence-electron chi connectivity index (χ0n) is 18.6. The van der Waals surface area contributed by atoms with E-state index in [1.807, 2.05) is 0 Å². The van der Waals surface area contributed by atoms with Crippen LogP contribution in [-0.4, -0.2) is 42.1 Å². The predicted octanol–water partition coefficient (Wildman–Crippen LogP) is 6.45. The fourth-order valence-corrected chi connectivity index (χ4v) is 4.22. The molecule has 0 aromatic heterocycles. The SMILES string of the molecule is CSc1ccc(C(=NOCCN(C(C)C)C(C)C)c2cccc3ccccc23)cc1. The van der Waals surface area contributed by atoms with Crippen molar-refractivity contribution in [2.24, 2.45) is 5.16 Å². The van der Waals surface area contributed by atoms with E-state index in [1.165, 1.54) is 15.7 Å². The first kappa shape index (κ1) is 22.4. The number of fused-ring (bicyclic) bond motifs is 1. The molecule has 0 bridgehead atoms. The van der Waals surface area contributed by atoms with E-state index in [4.69, 9.17) is 4.84 Å². The summed E-state index contributed by atoms with van der Waals surface area (Å²) in [6, 6.07) is 24.3. The maximum atomic E-state index is 5.88. The van der Waals surface area contributed by atoms with E-state index in [2.05, 4.69) is 111 Å². The predicted molar refractivity (Wildman–Crippen MR) is 131 cm³/mol. The van der Waals surface area contributed by atoms with E-state index in [9.17, 15) is 0 Å². The Labute approximate surface area is 185 Å². The van der Waals surface area contributed by atoms with Crippen molar-refractivity contribution >= 4 is 28.2 Å². The topological polar surface area (TPSA) is 24.8 Å². The van der Waals surface area contributed by atoms with Crippen LogP contribution in [-0.2, 0) is 4.84 Å². The molecule has 0 N–H and O–H groups in total. The lowest BCUT2D eigenvalue weighted by Gasteiger charge is -2.29. The highest BCUT2D eigenvalue weighted by molar-refractivity contribution is 7.98. The lowest BCUT2D eigenvalue weighted by molar-refractivity contribution is 0.0830. The van der Waals surface area contributed by atoms with Gasteiger partial charge in [-0.05, 0) is 56.9 Å². The standard InChI is InChI=1S/C26H32N2OS/c1-19(2)28(20(3)4)17-18-29-27-26(22-13-15-23(30-5)16-14-22)25-12-8-10-21-9-6-7-11-24(21)25/h6-16,19-20H,17-18H2,1-5H3. The van der Waals surface area contributed by atoms with E-state index >= 15 is 0 Å². The van der Waals surface area contributed by atoms with Crippen molar-refractivity contribution < 1.29 is 4.84 Å². The molecule has 3 aromatic carbocycles. The Hall–Kier alpha value is -2.30. The summed E-state index contributed by atoms with van der Waals surface area (Å²) in [5.41, 5.74) is 3.03. The van der Waals surface area contributed by atoms with Crippen LogP contribution in [0.2, 0.25) is 0 Å². The van der Waals surface area contributed by atoms with E-state index in [0.717, 1.165) is 23.4 Å². The van der Waals surface area contributed by atoms with Gasteiger partial charge in [-0.1, -0.05) is 59.8 Å². The fourth-order valence-electron chi connectivity index (χ4n) is 3.81. The third kappa shape index (κ3) is 5.44. The minimum Gasteiger partial charge on any atom is -0.394 e. The molecule has 30 heavy (non-hydrogen) atoms. The van der Waals surface area contributed by atoms with Crippen LogP contribution in [0.4, 0.5) is 0 Å². The van der Waals surface area contributed by atoms with Crippen LogP contribution in [0.3, 0.4) is 0 Å². The molecule has 0 heterocycles. The molecule has 3 nitrogen and oxygen atoms in total. The zero-order valence-corrected chi connectivity index (χ0v) is 19.4. The maximum Gasteiger partial charge on any atom is 0.129 e. The van der Waals surface area contributed by atoms with Gasteiger partial charge in [-0.2, -0.15) is 0 Å². The van der Waals surface area contributed by atoms with Gasteiger partial charge in [0.1, 0.15) is 12.3 Å². The monoisotopic (exact) mass is 420 g/mol. The first-order valence-corrected chi connectivity index (χ1v) is 11.8. The second-order valence-corrected chi connectivity index (χ2v) is 8.83. The van der Waals surface area contributed by atoms with Gasteiger partial charge in [0.15, 0.2) is 0 Å². The average molecular weight is 421 g/mol. The Bertz CT molecular complexity index is 966. The van der Waals surface area contributed by atoms with E-state index in [1.54, 1.807) is 11.8 Å². The number of hydrogen-bond acceptors (Lipinski definition) is 4. The molecule has 0 aliphatic rings. The molecular weight excluding hydrogens is 388 g/mol. The first-order chi connectivity index (χ1) is 14.5. The Balaban J connectivity index is 1.92. The van der Waals surface area contributed by atoms with Gasteiger partial charge in [-0.25, -0.2) is 0 Å². The number of benzene rings is 3. The second-order valence-electron chi connectivity index (χ2n) is 7.95. The van der Waals surface area contributed by atoms with Gasteiger partial charge in [0.2, 0.25) is 0 Å². The minimum absolute atomic E-state index is 0.481. The Kier molecular flexibility index (Phi) is 7.94. The number of thioether (sulfide) groups is 1. The van der Waals surface area contributed by atoms with Gasteiger partial charge in [0.05, 0.1) is 0 Å². The number of oxime groups is 1. The van der Waals surface area contributed by atoms with Gasteiger partial charge in [0.25, 0.3) is 0 Å². The molecule has 0 saturated carbocycles. The largest absolute Gasteiger partial charge is 0.394 e. The van der Waals surface area contributed by atoms with Crippen molar-refractivity contribution in [2.45, 2.75) is 44.7 Å². The molecule has 0 aliphatic carbocycles. The van der Waals surface area contributed by atoms with Crippen LogP contribution < -0.4 is 0 Å². The van der Waals surface area contributed by atoms with Crippen molar-refractivity contribution in [3.05, 3.63) is 77.9 Å². The third-order valence-electron chi connectivity index (χ3n) is 5.33. The van der Waals surface area contributed by atoms with E-state index < -0.39 is 0 Å². The smallest absolute Gasteiger partial charge is 0.129 e. The summed E-state index contributed by atoms with van der Waals surface area (Å²) in [5.74, 6) is 0. The molecule has 0 spiro atoms. The molecule has 0 aliphatic heterocycles. The lowest BCUT2D eigenvalue weighted by Crippen LogP contribution is -2.39. The van der Waals surface area contributed by atoms with Crippen molar-refractivity contribution in [2.75, 3.05) is 19.4 Å². The summed E-state index contributed by atoms with van der Waals surface area (Å²) in [4.78, 5) is 9.54. The van der Waals surface area contributed by atoms with Crippen LogP contribution in [0, 0.1) is 0 Å². The number of hydrogen-bond donors (Lipinski definition) is 0. The molecule has 0 atom stereocenters. The summed E-state index contributed by atoms with van der Waals surface area (Å²) in [6.45, 7) is 10.3. The Morgan fingerprint density at radius 3 is 2.23 bits per heavy atom. The highest BCUT2D eigenvalue weighted by Gasteiger charge is 2.14. The second kappa shape index (κ2) is 10.6. The van der Waals surface area contributed by atoms with E-state index in [-0.39, 0.29) is 0 Å². The highest BCUT2D eigenvalue weighted by Crippen LogP contribution is 2.24. The maximum absolute atomic E-state index is 5.88. The van der Waals surface area contributed by atoms with Gasteiger partial charge < -0.3 is 4.84 Å². The molecule has 4 heteroatoms. The Morgan fingerprint density at radius 2 is 1.57 bits per heavy atom. The summed E-state index contributed by atoms with van der Waals surface area (Å²) in [6.07, 6.45) is 2.09. The van der Waals surface area contributed by atoms with Crippen LogP contribution in [0.15, 0.2) is 76.8 Å². The lowest BCUT2D eigenvalue weighted by atomic mass is 9.97. The summed E-state index contributed by atoms with van der Waals surface area (Å²) < 4.78 is 0. The van der Waals surface area contributed by atoms with Crippen LogP contribution in [0.5, 0.6) is 0 Å². The number of nitrogens with zero attached hydrogens (tertiary/aromatic N) is 2. The van der Waals surface area contributed by atoms with Crippen molar-refractivity contribution in [3.63, 3.8) is 0 Å². The zero-order chi connectivity index (χ0) is 21.5. The van der Waals surface area contributed by atoms with Gasteiger partial charge in [-0.3, -0.25) is 4.90 Å². The number of rotatable bonds is 9. The molecule has 3 rings (SSSR count). The molecular formula is C26H32N2OS. The molecule has 3 aromatic rings.